The fourth-order valence-electron chi connectivity index (χ4n) is 2.00. The minimum atomic E-state index is -0.358. The monoisotopic (exact) mass is 223 g/mol. The molecule has 1 aromatic heterocycles. The second-order valence-electron chi connectivity index (χ2n) is 4.49. The molecule has 1 saturated carbocycles. The number of carbonyl (C=O) groups is 1. The van der Waals surface area contributed by atoms with Crippen LogP contribution in [0.1, 0.15) is 43.1 Å². The molecule has 16 heavy (non-hydrogen) atoms. The molecule has 0 aliphatic heterocycles. The molecule has 0 aromatic carbocycles. The first-order chi connectivity index (χ1) is 7.65. The third kappa shape index (κ3) is 2.53. The molecule has 5 heteroatoms. The standard InChI is InChI=1S/C11H17N3O2/c1-7-2-4-8(5-3-7)16-11(15)9-6-10(12)14-13-9/h6-8H,2-5H2,1H3,(H3,12,13,14). The van der Waals surface area contributed by atoms with E-state index in [0.717, 1.165) is 31.6 Å². The van der Waals surface area contributed by atoms with Crippen molar-refractivity contribution >= 4 is 11.8 Å². The van der Waals surface area contributed by atoms with E-state index in [1.54, 1.807) is 0 Å². The van der Waals surface area contributed by atoms with Gasteiger partial charge in [-0.05, 0) is 31.6 Å². The predicted octanol–water partition coefficient (Wildman–Crippen LogP) is 1.73. The molecule has 0 saturated heterocycles. The number of H-pyrrole nitrogens is 1. The van der Waals surface area contributed by atoms with Crippen LogP contribution in [0.5, 0.6) is 0 Å². The SMILES string of the molecule is CC1CCC(OC(=O)c2cc(N)n[nH]2)CC1. The van der Waals surface area contributed by atoms with Gasteiger partial charge in [0.05, 0.1) is 0 Å². The lowest BCUT2D eigenvalue weighted by Crippen LogP contribution is -2.23. The Bertz CT molecular complexity index is 367. The van der Waals surface area contributed by atoms with Crippen molar-refractivity contribution in [2.75, 3.05) is 5.73 Å². The van der Waals surface area contributed by atoms with Crippen LogP contribution in [0.3, 0.4) is 0 Å². The second-order valence-corrected chi connectivity index (χ2v) is 4.49. The lowest BCUT2D eigenvalue weighted by atomic mass is 9.89. The van der Waals surface area contributed by atoms with Crippen molar-refractivity contribution in [2.45, 2.75) is 38.7 Å². The molecule has 1 aliphatic rings. The summed E-state index contributed by atoms with van der Waals surface area (Å²) in [5.41, 5.74) is 5.75. The third-order valence-electron chi connectivity index (χ3n) is 3.05. The summed E-state index contributed by atoms with van der Waals surface area (Å²) in [5, 5.41) is 6.25. The number of hydrogen-bond acceptors (Lipinski definition) is 4. The summed E-state index contributed by atoms with van der Waals surface area (Å²) >= 11 is 0. The van der Waals surface area contributed by atoms with E-state index in [0.29, 0.717) is 11.5 Å². The van der Waals surface area contributed by atoms with Gasteiger partial charge in [-0.1, -0.05) is 6.92 Å². The largest absolute Gasteiger partial charge is 0.458 e. The zero-order chi connectivity index (χ0) is 11.5. The van der Waals surface area contributed by atoms with Crippen LogP contribution in [-0.4, -0.2) is 22.3 Å². The number of nitrogens with two attached hydrogens (primary N) is 1. The van der Waals surface area contributed by atoms with E-state index < -0.39 is 0 Å². The van der Waals surface area contributed by atoms with Crippen molar-refractivity contribution in [2.24, 2.45) is 5.92 Å². The van der Waals surface area contributed by atoms with E-state index >= 15 is 0 Å². The van der Waals surface area contributed by atoms with Crippen LogP contribution in [0.15, 0.2) is 6.07 Å². The number of hydrogen-bond donors (Lipinski definition) is 2. The summed E-state index contributed by atoms with van der Waals surface area (Å²) in [4.78, 5) is 11.7. The number of anilines is 1. The maximum Gasteiger partial charge on any atom is 0.356 e. The van der Waals surface area contributed by atoms with Crippen LogP contribution in [0, 0.1) is 5.92 Å². The number of ether oxygens (including phenoxy) is 1. The summed E-state index contributed by atoms with van der Waals surface area (Å²) in [7, 11) is 0. The summed E-state index contributed by atoms with van der Waals surface area (Å²) in [5.74, 6) is 0.700. The molecule has 0 spiro atoms. The minimum absolute atomic E-state index is 0.0493. The zero-order valence-corrected chi connectivity index (χ0v) is 9.40. The molecule has 88 valence electrons. The Morgan fingerprint density at radius 3 is 2.75 bits per heavy atom. The molecular weight excluding hydrogens is 206 g/mol. The first kappa shape index (κ1) is 11.0. The highest BCUT2D eigenvalue weighted by atomic mass is 16.5. The predicted molar refractivity (Wildman–Crippen MR) is 59.8 cm³/mol. The summed E-state index contributed by atoms with van der Waals surface area (Å²) in [6, 6.07) is 1.49. The van der Waals surface area contributed by atoms with Crippen LogP contribution >= 0.6 is 0 Å². The summed E-state index contributed by atoms with van der Waals surface area (Å²) in [6.07, 6.45) is 4.22. The Hall–Kier alpha value is -1.52. The molecule has 3 N–H and O–H groups in total. The molecule has 1 aromatic rings. The molecule has 0 amide bonds. The number of nitrogens with one attached hydrogen (secondary N) is 1. The van der Waals surface area contributed by atoms with Crippen molar-refractivity contribution in [3.63, 3.8) is 0 Å². The topological polar surface area (TPSA) is 81.0 Å². The van der Waals surface area contributed by atoms with Gasteiger partial charge in [0, 0.05) is 6.07 Å². The number of esters is 1. The molecule has 0 radical (unpaired) electrons. The number of carbonyl (C=O) groups excluding carboxylic acids is 1. The molecule has 1 aliphatic carbocycles. The van der Waals surface area contributed by atoms with Gasteiger partial charge in [0.2, 0.25) is 0 Å². The number of nitrogen functional groups attached to an aromatic ring is 1. The Morgan fingerprint density at radius 1 is 1.50 bits per heavy atom. The fraction of sp³-hybridized carbons (Fsp3) is 0.636. The summed E-state index contributed by atoms with van der Waals surface area (Å²) < 4.78 is 5.37. The highest BCUT2D eigenvalue weighted by molar-refractivity contribution is 5.88. The first-order valence-electron chi connectivity index (χ1n) is 5.67. The van der Waals surface area contributed by atoms with Gasteiger partial charge in [-0.3, -0.25) is 5.10 Å². The van der Waals surface area contributed by atoms with E-state index in [9.17, 15) is 4.79 Å². The van der Waals surface area contributed by atoms with Gasteiger partial charge < -0.3 is 10.5 Å². The van der Waals surface area contributed by atoms with E-state index in [1.165, 1.54) is 6.07 Å². The molecule has 1 fully saturated rings. The van der Waals surface area contributed by atoms with Crippen molar-refractivity contribution in [3.05, 3.63) is 11.8 Å². The lowest BCUT2D eigenvalue weighted by Gasteiger charge is -2.25. The van der Waals surface area contributed by atoms with Crippen LogP contribution in [0.2, 0.25) is 0 Å². The minimum Gasteiger partial charge on any atom is -0.458 e. The second kappa shape index (κ2) is 4.55. The quantitative estimate of drug-likeness (QED) is 0.748. The molecule has 0 atom stereocenters. The van der Waals surface area contributed by atoms with Gasteiger partial charge in [-0.15, -0.1) is 0 Å². The average molecular weight is 223 g/mol. The Morgan fingerprint density at radius 2 is 2.19 bits per heavy atom. The third-order valence-corrected chi connectivity index (χ3v) is 3.05. The van der Waals surface area contributed by atoms with Crippen molar-refractivity contribution in [1.82, 2.24) is 10.2 Å². The Kier molecular flexibility index (Phi) is 3.12. The zero-order valence-electron chi connectivity index (χ0n) is 9.40. The van der Waals surface area contributed by atoms with Crippen molar-refractivity contribution in [1.29, 1.82) is 0 Å². The Labute approximate surface area is 94.4 Å². The molecule has 1 heterocycles. The number of aromatic nitrogens is 2. The van der Waals surface area contributed by atoms with E-state index in [-0.39, 0.29) is 12.1 Å². The van der Waals surface area contributed by atoms with E-state index in [1.807, 2.05) is 0 Å². The van der Waals surface area contributed by atoms with Crippen LogP contribution < -0.4 is 5.73 Å². The van der Waals surface area contributed by atoms with Gasteiger partial charge in [-0.25, -0.2) is 4.79 Å². The fourth-order valence-corrected chi connectivity index (χ4v) is 2.00. The van der Waals surface area contributed by atoms with Crippen molar-refractivity contribution < 1.29 is 9.53 Å². The van der Waals surface area contributed by atoms with Gasteiger partial charge in [0.25, 0.3) is 0 Å². The van der Waals surface area contributed by atoms with E-state index in [2.05, 4.69) is 17.1 Å². The molecular formula is C11H17N3O2. The smallest absolute Gasteiger partial charge is 0.356 e. The van der Waals surface area contributed by atoms with Crippen LogP contribution in [0.25, 0.3) is 0 Å². The van der Waals surface area contributed by atoms with Crippen molar-refractivity contribution in [3.8, 4) is 0 Å². The van der Waals surface area contributed by atoms with Gasteiger partial charge in [-0.2, -0.15) is 5.10 Å². The molecule has 0 bridgehead atoms. The van der Waals surface area contributed by atoms with Gasteiger partial charge >= 0.3 is 5.97 Å². The normalized spacial score (nSPS) is 25.3. The molecule has 2 rings (SSSR count). The number of aromatic amines is 1. The maximum atomic E-state index is 11.7. The number of rotatable bonds is 2. The maximum absolute atomic E-state index is 11.7. The van der Waals surface area contributed by atoms with Gasteiger partial charge in [0.1, 0.15) is 17.6 Å². The summed E-state index contributed by atoms with van der Waals surface area (Å²) in [6.45, 7) is 2.23. The first-order valence-corrected chi connectivity index (χ1v) is 5.67. The highest BCUT2D eigenvalue weighted by Gasteiger charge is 2.22. The lowest BCUT2D eigenvalue weighted by molar-refractivity contribution is 0.0167. The molecule has 0 unspecified atom stereocenters. The van der Waals surface area contributed by atoms with Gasteiger partial charge in [0.15, 0.2) is 0 Å². The van der Waals surface area contributed by atoms with E-state index in [4.69, 9.17) is 10.5 Å². The Balaban J connectivity index is 1.88. The highest BCUT2D eigenvalue weighted by Crippen LogP contribution is 2.26. The average Bonchev–Trinajstić information content (AvgIpc) is 2.68. The van der Waals surface area contributed by atoms with Crippen LogP contribution in [0.4, 0.5) is 5.82 Å². The number of nitrogens with zero attached hydrogens (tertiary/aromatic N) is 1. The molecule has 5 nitrogen and oxygen atoms in total. The van der Waals surface area contributed by atoms with Crippen LogP contribution in [-0.2, 0) is 4.74 Å².